The van der Waals surface area contributed by atoms with Crippen molar-refractivity contribution < 1.29 is 4.92 Å². The van der Waals surface area contributed by atoms with E-state index in [0.717, 1.165) is 33.6 Å². The van der Waals surface area contributed by atoms with Gasteiger partial charge in [0.1, 0.15) is 5.69 Å². The Balaban J connectivity index is 2.03. The Bertz CT molecular complexity index is 1060. The Labute approximate surface area is 164 Å². The summed E-state index contributed by atoms with van der Waals surface area (Å²) in [5, 5.41) is 17.9. The van der Waals surface area contributed by atoms with Crippen LogP contribution in [0.1, 0.15) is 27.9 Å². The van der Waals surface area contributed by atoms with E-state index in [-0.39, 0.29) is 11.5 Å². The van der Waals surface area contributed by atoms with Gasteiger partial charge in [0.05, 0.1) is 4.92 Å². The zero-order valence-corrected chi connectivity index (χ0v) is 16.6. The lowest BCUT2D eigenvalue weighted by Crippen LogP contribution is -2.08. The van der Waals surface area contributed by atoms with E-state index >= 15 is 0 Å². The summed E-state index contributed by atoms with van der Waals surface area (Å²) in [5.41, 5.74) is 6.08. The maximum absolute atomic E-state index is 11.6. The molecule has 3 aromatic rings. The molecule has 2 aromatic carbocycles. The predicted molar refractivity (Wildman–Crippen MR) is 112 cm³/mol. The second-order valence-electron chi connectivity index (χ2n) is 6.97. The molecular weight excluding hydrogens is 354 g/mol. The highest BCUT2D eigenvalue weighted by molar-refractivity contribution is 5.71. The second kappa shape index (κ2) is 7.64. The van der Waals surface area contributed by atoms with Gasteiger partial charge in [0, 0.05) is 11.4 Å². The van der Waals surface area contributed by atoms with Gasteiger partial charge in [-0.1, -0.05) is 35.4 Å². The van der Waals surface area contributed by atoms with Crippen molar-refractivity contribution in [3.8, 4) is 0 Å². The third-order valence-electron chi connectivity index (χ3n) is 4.50. The molecule has 1 aromatic heterocycles. The normalized spacial score (nSPS) is 10.6. The molecule has 0 bridgehead atoms. The maximum atomic E-state index is 11.6. The maximum Gasteiger partial charge on any atom is 0.332 e. The van der Waals surface area contributed by atoms with Crippen LogP contribution in [-0.4, -0.2) is 14.9 Å². The number of rotatable bonds is 5. The molecule has 0 fully saturated rings. The van der Waals surface area contributed by atoms with Gasteiger partial charge >= 0.3 is 5.69 Å². The Kier molecular flexibility index (Phi) is 5.26. The fourth-order valence-corrected chi connectivity index (χ4v) is 3.08. The van der Waals surface area contributed by atoms with Crippen LogP contribution in [-0.2, 0) is 0 Å². The first-order valence-electron chi connectivity index (χ1n) is 8.96. The van der Waals surface area contributed by atoms with Crippen LogP contribution in [0.5, 0.6) is 0 Å². The molecule has 144 valence electrons. The first-order chi connectivity index (χ1) is 13.2. The minimum absolute atomic E-state index is 0.133. The Morgan fingerprint density at radius 2 is 1.36 bits per heavy atom. The Hall–Kier alpha value is -3.48. The molecule has 28 heavy (non-hydrogen) atoms. The molecule has 7 nitrogen and oxygen atoms in total. The van der Waals surface area contributed by atoms with E-state index < -0.39 is 4.92 Å². The average Bonchev–Trinajstić information content (AvgIpc) is 2.59. The molecule has 0 amide bonds. The lowest BCUT2D eigenvalue weighted by molar-refractivity contribution is -0.385. The van der Waals surface area contributed by atoms with Crippen molar-refractivity contribution in [2.45, 2.75) is 34.6 Å². The predicted octanol–water partition coefficient (Wildman–Crippen LogP) is 5.41. The number of nitrogens with one attached hydrogen (secondary N) is 2. The standard InChI is InChI=1S/C21H23N5O2/c1-12-6-8-17(14(3)10-12)23-20-19(26(27)28)16(5)22-21(25-20)24-18-9-7-13(2)11-15(18)4/h6-11H,1-5H3,(H2,22,23,24,25). The van der Waals surface area contributed by atoms with Crippen LogP contribution in [0.25, 0.3) is 0 Å². The van der Waals surface area contributed by atoms with Gasteiger partial charge < -0.3 is 10.6 Å². The highest BCUT2D eigenvalue weighted by atomic mass is 16.6. The van der Waals surface area contributed by atoms with E-state index in [1.54, 1.807) is 6.92 Å². The number of anilines is 4. The van der Waals surface area contributed by atoms with Gasteiger partial charge in [0.2, 0.25) is 11.8 Å². The van der Waals surface area contributed by atoms with Crippen molar-refractivity contribution in [3.63, 3.8) is 0 Å². The molecular formula is C21H23N5O2. The number of aryl methyl sites for hydroxylation is 5. The summed E-state index contributed by atoms with van der Waals surface area (Å²) >= 11 is 0. The van der Waals surface area contributed by atoms with Crippen molar-refractivity contribution in [2.75, 3.05) is 10.6 Å². The van der Waals surface area contributed by atoms with E-state index in [4.69, 9.17) is 0 Å². The molecule has 0 unspecified atom stereocenters. The van der Waals surface area contributed by atoms with Gasteiger partial charge in [0.25, 0.3) is 0 Å². The fourth-order valence-electron chi connectivity index (χ4n) is 3.08. The summed E-state index contributed by atoms with van der Waals surface area (Å²) < 4.78 is 0. The minimum atomic E-state index is -0.456. The van der Waals surface area contributed by atoms with Crippen LogP contribution in [0, 0.1) is 44.7 Å². The number of benzene rings is 2. The number of nitro groups is 1. The first-order valence-corrected chi connectivity index (χ1v) is 8.96. The monoisotopic (exact) mass is 377 g/mol. The number of hydrogen-bond acceptors (Lipinski definition) is 6. The molecule has 2 N–H and O–H groups in total. The lowest BCUT2D eigenvalue weighted by atomic mass is 10.1. The van der Waals surface area contributed by atoms with Gasteiger partial charge in [-0.15, -0.1) is 0 Å². The van der Waals surface area contributed by atoms with E-state index in [1.165, 1.54) is 0 Å². The Morgan fingerprint density at radius 1 is 0.821 bits per heavy atom. The third-order valence-corrected chi connectivity index (χ3v) is 4.50. The number of hydrogen-bond donors (Lipinski definition) is 2. The van der Waals surface area contributed by atoms with Crippen LogP contribution in [0.3, 0.4) is 0 Å². The summed E-state index contributed by atoms with van der Waals surface area (Å²) in [7, 11) is 0. The molecule has 0 radical (unpaired) electrons. The quantitative estimate of drug-likeness (QED) is 0.456. The zero-order chi connectivity index (χ0) is 20.4. The first kappa shape index (κ1) is 19.3. The van der Waals surface area contributed by atoms with E-state index in [0.29, 0.717) is 11.6 Å². The van der Waals surface area contributed by atoms with Crippen LogP contribution >= 0.6 is 0 Å². The highest BCUT2D eigenvalue weighted by Crippen LogP contribution is 2.31. The van der Waals surface area contributed by atoms with Crippen molar-refractivity contribution in [1.29, 1.82) is 0 Å². The molecule has 0 aliphatic heterocycles. The van der Waals surface area contributed by atoms with Gasteiger partial charge in [-0.05, 0) is 57.9 Å². The molecule has 0 aliphatic carbocycles. The lowest BCUT2D eigenvalue weighted by Gasteiger charge is -2.14. The summed E-state index contributed by atoms with van der Waals surface area (Å²) in [6.45, 7) is 9.57. The largest absolute Gasteiger partial charge is 0.334 e. The second-order valence-corrected chi connectivity index (χ2v) is 6.97. The van der Waals surface area contributed by atoms with Gasteiger partial charge in [-0.25, -0.2) is 4.98 Å². The van der Waals surface area contributed by atoms with Gasteiger partial charge in [-0.3, -0.25) is 10.1 Å². The highest BCUT2D eigenvalue weighted by Gasteiger charge is 2.23. The molecule has 0 aliphatic rings. The molecule has 0 atom stereocenters. The van der Waals surface area contributed by atoms with Crippen molar-refractivity contribution in [1.82, 2.24) is 9.97 Å². The van der Waals surface area contributed by atoms with Crippen molar-refractivity contribution >= 4 is 28.8 Å². The van der Waals surface area contributed by atoms with Crippen molar-refractivity contribution in [2.24, 2.45) is 0 Å². The minimum Gasteiger partial charge on any atom is -0.334 e. The smallest absolute Gasteiger partial charge is 0.332 e. The summed E-state index contributed by atoms with van der Waals surface area (Å²) in [6, 6.07) is 11.8. The van der Waals surface area contributed by atoms with E-state index in [2.05, 4.69) is 26.7 Å². The summed E-state index contributed by atoms with van der Waals surface area (Å²) in [5.74, 6) is 0.471. The van der Waals surface area contributed by atoms with E-state index in [9.17, 15) is 10.1 Å². The zero-order valence-electron chi connectivity index (χ0n) is 16.6. The molecule has 0 spiro atoms. The average molecular weight is 377 g/mol. The third kappa shape index (κ3) is 4.09. The SMILES string of the molecule is Cc1ccc(Nc2nc(C)c([N+](=O)[O-])c(Nc3ccc(C)cc3C)n2)c(C)c1. The van der Waals surface area contributed by atoms with Crippen LogP contribution < -0.4 is 10.6 Å². The molecule has 0 saturated heterocycles. The Morgan fingerprint density at radius 3 is 1.86 bits per heavy atom. The van der Waals surface area contributed by atoms with Gasteiger partial charge in [-0.2, -0.15) is 4.98 Å². The number of nitrogens with zero attached hydrogens (tertiary/aromatic N) is 3. The summed E-state index contributed by atoms with van der Waals surface area (Å²) in [6.07, 6.45) is 0. The van der Waals surface area contributed by atoms with Crippen LogP contribution in [0.4, 0.5) is 28.8 Å². The summed E-state index contributed by atoms with van der Waals surface area (Å²) in [4.78, 5) is 19.8. The molecule has 1 heterocycles. The van der Waals surface area contributed by atoms with E-state index in [1.807, 2.05) is 58.0 Å². The van der Waals surface area contributed by atoms with Gasteiger partial charge in [0.15, 0.2) is 0 Å². The van der Waals surface area contributed by atoms with Crippen LogP contribution in [0.2, 0.25) is 0 Å². The molecule has 7 heteroatoms. The van der Waals surface area contributed by atoms with Crippen molar-refractivity contribution in [3.05, 3.63) is 74.5 Å². The molecule has 0 saturated carbocycles. The fraction of sp³-hybridized carbons (Fsp3) is 0.238. The number of aromatic nitrogens is 2. The van der Waals surface area contributed by atoms with Crippen LogP contribution in [0.15, 0.2) is 36.4 Å². The molecule has 3 rings (SSSR count). The topological polar surface area (TPSA) is 93.0 Å².